The number of rotatable bonds is 3. The Morgan fingerprint density at radius 1 is 1.43 bits per heavy atom. The van der Waals surface area contributed by atoms with Crippen molar-refractivity contribution in [2.24, 2.45) is 0 Å². The van der Waals surface area contributed by atoms with Crippen LogP contribution in [-0.4, -0.2) is 26.0 Å². The molecule has 0 atom stereocenters. The Bertz CT molecular complexity index is 437. The van der Waals surface area contributed by atoms with Gasteiger partial charge in [0.1, 0.15) is 22.4 Å². The zero-order valence-corrected chi connectivity index (χ0v) is 9.08. The summed E-state index contributed by atoms with van der Waals surface area (Å²) in [7, 11) is 0. The van der Waals surface area contributed by atoms with Gasteiger partial charge in [0.25, 0.3) is 0 Å². The molecule has 0 amide bonds. The van der Waals surface area contributed by atoms with E-state index in [1.807, 2.05) is 17.1 Å². The molecule has 0 saturated carbocycles. The Morgan fingerprint density at radius 2 is 2.29 bits per heavy atom. The summed E-state index contributed by atoms with van der Waals surface area (Å²) in [6.07, 6.45) is 6.64. The van der Waals surface area contributed by atoms with Crippen LogP contribution in [0.1, 0.15) is 13.3 Å². The summed E-state index contributed by atoms with van der Waals surface area (Å²) in [5.74, 6) is 0. The van der Waals surface area contributed by atoms with Gasteiger partial charge in [-0.05, 0) is 12.7 Å². The molecular weight excluding hydrogens is 196 g/mol. The van der Waals surface area contributed by atoms with Gasteiger partial charge in [0.05, 0.1) is 6.20 Å². The van der Waals surface area contributed by atoms with E-state index < -0.39 is 0 Å². The SMILES string of the molecule is CCCn1cc2ncnc(SC)c2n1. The van der Waals surface area contributed by atoms with Crippen molar-refractivity contribution in [1.29, 1.82) is 0 Å². The van der Waals surface area contributed by atoms with Gasteiger partial charge in [-0.25, -0.2) is 9.97 Å². The lowest BCUT2D eigenvalue weighted by molar-refractivity contribution is 0.607. The quantitative estimate of drug-likeness (QED) is 0.571. The second-order valence-corrected chi connectivity index (χ2v) is 3.80. The van der Waals surface area contributed by atoms with Crippen LogP contribution in [0.4, 0.5) is 0 Å². The number of aromatic nitrogens is 4. The summed E-state index contributed by atoms with van der Waals surface area (Å²) in [5.41, 5.74) is 1.84. The number of fused-ring (bicyclic) bond motifs is 1. The number of aryl methyl sites for hydroxylation is 1. The first-order valence-corrected chi connectivity index (χ1v) is 5.79. The molecule has 0 saturated heterocycles. The van der Waals surface area contributed by atoms with Crippen molar-refractivity contribution < 1.29 is 0 Å². The van der Waals surface area contributed by atoms with Crippen LogP contribution >= 0.6 is 11.8 Å². The van der Waals surface area contributed by atoms with E-state index in [1.165, 1.54) is 0 Å². The van der Waals surface area contributed by atoms with Crippen LogP contribution in [-0.2, 0) is 6.54 Å². The maximum Gasteiger partial charge on any atom is 0.143 e. The first-order valence-electron chi connectivity index (χ1n) is 4.57. The van der Waals surface area contributed by atoms with Crippen LogP contribution in [0.2, 0.25) is 0 Å². The molecule has 0 aliphatic carbocycles. The first-order chi connectivity index (χ1) is 6.85. The Kier molecular flexibility index (Phi) is 2.67. The standard InChI is InChI=1S/C9H12N4S/c1-3-4-13-5-7-8(12-13)9(14-2)11-6-10-7/h5-6H,3-4H2,1-2H3. The van der Waals surface area contributed by atoms with Gasteiger partial charge < -0.3 is 0 Å². The average molecular weight is 208 g/mol. The van der Waals surface area contributed by atoms with E-state index in [2.05, 4.69) is 22.0 Å². The fourth-order valence-corrected chi connectivity index (χ4v) is 1.85. The lowest BCUT2D eigenvalue weighted by atomic mass is 10.5. The van der Waals surface area contributed by atoms with Crippen LogP contribution < -0.4 is 0 Å². The largest absolute Gasteiger partial charge is 0.270 e. The number of thioether (sulfide) groups is 1. The van der Waals surface area contributed by atoms with Crippen molar-refractivity contribution in [3.05, 3.63) is 12.5 Å². The molecule has 74 valence electrons. The summed E-state index contributed by atoms with van der Waals surface area (Å²) in [5, 5.41) is 5.39. The second kappa shape index (κ2) is 3.96. The zero-order chi connectivity index (χ0) is 9.97. The maximum absolute atomic E-state index is 4.44. The van der Waals surface area contributed by atoms with E-state index in [0.29, 0.717) is 0 Å². The lowest BCUT2D eigenvalue weighted by Gasteiger charge is -1.94. The lowest BCUT2D eigenvalue weighted by Crippen LogP contribution is -1.96. The monoisotopic (exact) mass is 208 g/mol. The van der Waals surface area contributed by atoms with Gasteiger partial charge in [-0.15, -0.1) is 11.8 Å². The Labute approximate surface area is 86.7 Å². The maximum atomic E-state index is 4.44. The third kappa shape index (κ3) is 1.59. The minimum absolute atomic E-state index is 0.911. The van der Waals surface area contributed by atoms with E-state index >= 15 is 0 Å². The molecule has 0 aliphatic rings. The summed E-state index contributed by atoms with van der Waals surface area (Å²) < 4.78 is 1.93. The molecule has 2 rings (SSSR count). The smallest absolute Gasteiger partial charge is 0.143 e. The highest BCUT2D eigenvalue weighted by Gasteiger charge is 2.06. The molecule has 14 heavy (non-hydrogen) atoms. The molecule has 0 radical (unpaired) electrons. The molecule has 2 aromatic heterocycles. The van der Waals surface area contributed by atoms with Crippen LogP contribution in [0, 0.1) is 0 Å². The van der Waals surface area contributed by atoms with Crippen molar-refractivity contribution in [2.45, 2.75) is 24.9 Å². The molecule has 0 spiro atoms. The molecule has 0 aromatic carbocycles. The minimum atomic E-state index is 0.911. The van der Waals surface area contributed by atoms with E-state index in [1.54, 1.807) is 18.1 Å². The summed E-state index contributed by atoms with van der Waals surface area (Å²) in [6.45, 7) is 3.07. The van der Waals surface area contributed by atoms with Crippen molar-refractivity contribution in [2.75, 3.05) is 6.26 Å². The Balaban J connectivity index is 2.52. The van der Waals surface area contributed by atoms with Gasteiger partial charge in [0.2, 0.25) is 0 Å². The van der Waals surface area contributed by atoms with Gasteiger partial charge in [0.15, 0.2) is 0 Å². The highest BCUT2D eigenvalue weighted by molar-refractivity contribution is 7.98. The van der Waals surface area contributed by atoms with Crippen LogP contribution in [0.15, 0.2) is 17.6 Å². The van der Waals surface area contributed by atoms with E-state index in [0.717, 1.165) is 29.0 Å². The van der Waals surface area contributed by atoms with Crippen molar-refractivity contribution in [3.63, 3.8) is 0 Å². The molecule has 0 fully saturated rings. The Morgan fingerprint density at radius 3 is 3.00 bits per heavy atom. The normalized spacial score (nSPS) is 11.0. The molecule has 5 heteroatoms. The van der Waals surface area contributed by atoms with E-state index in [4.69, 9.17) is 0 Å². The highest BCUT2D eigenvalue weighted by atomic mass is 32.2. The fourth-order valence-electron chi connectivity index (χ4n) is 1.36. The predicted octanol–water partition coefficient (Wildman–Crippen LogP) is 1.96. The van der Waals surface area contributed by atoms with Gasteiger partial charge in [-0.2, -0.15) is 5.10 Å². The first kappa shape index (κ1) is 9.45. The van der Waals surface area contributed by atoms with Gasteiger partial charge in [-0.1, -0.05) is 6.92 Å². The summed E-state index contributed by atoms with van der Waals surface area (Å²) in [6, 6.07) is 0. The number of nitrogens with zero attached hydrogens (tertiary/aromatic N) is 4. The van der Waals surface area contributed by atoms with Gasteiger partial charge in [0, 0.05) is 6.54 Å². The van der Waals surface area contributed by atoms with Crippen LogP contribution in [0.3, 0.4) is 0 Å². The third-order valence-electron chi connectivity index (χ3n) is 1.96. The number of hydrogen-bond donors (Lipinski definition) is 0. The molecule has 0 N–H and O–H groups in total. The fraction of sp³-hybridized carbons (Fsp3) is 0.444. The number of hydrogen-bond acceptors (Lipinski definition) is 4. The summed E-state index contributed by atoms with van der Waals surface area (Å²) in [4.78, 5) is 8.36. The van der Waals surface area contributed by atoms with E-state index in [9.17, 15) is 0 Å². The van der Waals surface area contributed by atoms with Crippen molar-refractivity contribution in [3.8, 4) is 0 Å². The minimum Gasteiger partial charge on any atom is -0.270 e. The highest BCUT2D eigenvalue weighted by Crippen LogP contribution is 2.20. The molecule has 2 aromatic rings. The van der Waals surface area contributed by atoms with Crippen molar-refractivity contribution >= 4 is 22.8 Å². The topological polar surface area (TPSA) is 43.6 Å². The summed E-state index contributed by atoms with van der Waals surface area (Å²) >= 11 is 1.60. The van der Waals surface area contributed by atoms with Crippen LogP contribution in [0.5, 0.6) is 0 Å². The predicted molar refractivity (Wildman–Crippen MR) is 57.4 cm³/mol. The zero-order valence-electron chi connectivity index (χ0n) is 8.27. The molecule has 0 bridgehead atoms. The Hall–Kier alpha value is -1.10. The van der Waals surface area contributed by atoms with E-state index in [-0.39, 0.29) is 0 Å². The molecular formula is C9H12N4S. The van der Waals surface area contributed by atoms with Crippen molar-refractivity contribution in [1.82, 2.24) is 19.7 Å². The van der Waals surface area contributed by atoms with Gasteiger partial charge >= 0.3 is 0 Å². The van der Waals surface area contributed by atoms with Crippen LogP contribution in [0.25, 0.3) is 11.0 Å². The molecule has 2 heterocycles. The third-order valence-corrected chi connectivity index (χ3v) is 2.65. The molecule has 4 nitrogen and oxygen atoms in total. The molecule has 0 aliphatic heterocycles. The molecule has 0 unspecified atom stereocenters. The average Bonchev–Trinajstić information content (AvgIpc) is 2.60. The second-order valence-electron chi connectivity index (χ2n) is 3.01. The van der Waals surface area contributed by atoms with Gasteiger partial charge in [-0.3, -0.25) is 4.68 Å².